The van der Waals surface area contributed by atoms with E-state index in [1.165, 1.54) is 5.56 Å². The van der Waals surface area contributed by atoms with Gasteiger partial charge >= 0.3 is 0 Å². The fraction of sp³-hybridized carbons (Fsp3) is 0.375. The van der Waals surface area contributed by atoms with Crippen molar-refractivity contribution in [2.75, 3.05) is 11.9 Å². The van der Waals surface area contributed by atoms with Gasteiger partial charge in [0.05, 0.1) is 23.5 Å². The van der Waals surface area contributed by atoms with Crippen LogP contribution >= 0.6 is 11.6 Å². The van der Waals surface area contributed by atoms with E-state index in [0.717, 1.165) is 23.0 Å². The first-order chi connectivity index (χ1) is 9.56. The Balaban J connectivity index is 2.05. The maximum Gasteiger partial charge on any atom is 0.123 e. The minimum absolute atomic E-state index is 0.468. The van der Waals surface area contributed by atoms with Crippen molar-refractivity contribution in [3.05, 3.63) is 52.9 Å². The molecule has 4 heteroatoms. The van der Waals surface area contributed by atoms with Gasteiger partial charge in [0.1, 0.15) is 5.76 Å². The Morgan fingerprint density at radius 1 is 1.30 bits per heavy atom. The zero-order chi connectivity index (χ0) is 14.5. The van der Waals surface area contributed by atoms with E-state index in [1.54, 1.807) is 6.26 Å². The van der Waals surface area contributed by atoms with E-state index in [-0.39, 0.29) is 0 Å². The number of hydrogen-bond acceptors (Lipinski definition) is 3. The van der Waals surface area contributed by atoms with Gasteiger partial charge in [-0.05, 0) is 29.8 Å². The van der Waals surface area contributed by atoms with Crippen LogP contribution in [0.25, 0.3) is 0 Å². The Morgan fingerprint density at radius 3 is 2.70 bits per heavy atom. The molecule has 0 amide bonds. The monoisotopic (exact) mass is 292 g/mol. The van der Waals surface area contributed by atoms with Crippen LogP contribution in [-0.4, -0.2) is 13.1 Å². The average molecular weight is 293 g/mol. The van der Waals surface area contributed by atoms with Gasteiger partial charge in [-0.25, -0.2) is 0 Å². The molecule has 0 bridgehead atoms. The molecule has 3 nitrogen and oxygen atoms in total. The molecule has 2 rings (SSSR count). The quantitative estimate of drug-likeness (QED) is 0.870. The van der Waals surface area contributed by atoms with Crippen LogP contribution in [0.1, 0.15) is 25.2 Å². The van der Waals surface area contributed by atoms with E-state index in [1.807, 2.05) is 25.2 Å². The first-order valence-electron chi connectivity index (χ1n) is 6.81. The average Bonchev–Trinajstić information content (AvgIpc) is 2.89. The lowest BCUT2D eigenvalue weighted by molar-refractivity contribution is 0.507. The summed E-state index contributed by atoms with van der Waals surface area (Å²) < 4.78 is 5.36. The Morgan fingerprint density at radius 2 is 2.10 bits per heavy atom. The SMILES string of the molecule is CC(C)NCc1ccc(N(C)Cc2ccco2)c(Cl)c1. The third kappa shape index (κ3) is 4.02. The van der Waals surface area contributed by atoms with E-state index in [9.17, 15) is 0 Å². The summed E-state index contributed by atoms with van der Waals surface area (Å²) in [5.41, 5.74) is 2.20. The van der Waals surface area contributed by atoms with Gasteiger partial charge in [-0.1, -0.05) is 31.5 Å². The van der Waals surface area contributed by atoms with Crippen molar-refractivity contribution in [3.8, 4) is 0 Å². The van der Waals surface area contributed by atoms with Gasteiger partial charge < -0.3 is 14.6 Å². The number of anilines is 1. The van der Waals surface area contributed by atoms with Crippen LogP contribution in [0.5, 0.6) is 0 Å². The molecule has 0 fully saturated rings. The van der Waals surface area contributed by atoms with Crippen LogP contribution in [0.2, 0.25) is 5.02 Å². The summed E-state index contributed by atoms with van der Waals surface area (Å²) in [7, 11) is 2.01. The molecule has 1 heterocycles. The number of hydrogen-bond donors (Lipinski definition) is 1. The standard InChI is InChI=1S/C16H21ClN2O/c1-12(2)18-10-13-6-7-16(15(17)9-13)19(3)11-14-5-4-8-20-14/h4-9,12,18H,10-11H2,1-3H3. The smallest absolute Gasteiger partial charge is 0.123 e. The van der Waals surface area contributed by atoms with Gasteiger partial charge in [-0.2, -0.15) is 0 Å². The summed E-state index contributed by atoms with van der Waals surface area (Å²) in [4.78, 5) is 2.08. The second kappa shape index (κ2) is 6.82. The highest BCUT2D eigenvalue weighted by atomic mass is 35.5. The molecular formula is C16H21ClN2O. The highest BCUT2D eigenvalue weighted by molar-refractivity contribution is 6.33. The van der Waals surface area contributed by atoms with Gasteiger partial charge in [0.15, 0.2) is 0 Å². The minimum Gasteiger partial charge on any atom is -0.467 e. The van der Waals surface area contributed by atoms with Crippen molar-refractivity contribution in [3.63, 3.8) is 0 Å². The van der Waals surface area contributed by atoms with E-state index >= 15 is 0 Å². The third-order valence-electron chi connectivity index (χ3n) is 3.11. The summed E-state index contributed by atoms with van der Waals surface area (Å²) in [6.07, 6.45) is 1.69. The number of rotatable bonds is 6. The van der Waals surface area contributed by atoms with E-state index in [2.05, 4.69) is 36.2 Å². The summed E-state index contributed by atoms with van der Waals surface area (Å²) in [6.45, 7) is 5.80. The maximum absolute atomic E-state index is 6.38. The summed E-state index contributed by atoms with van der Waals surface area (Å²) in [6, 6.07) is 10.5. The molecule has 0 atom stereocenters. The minimum atomic E-state index is 0.468. The van der Waals surface area contributed by atoms with E-state index in [4.69, 9.17) is 16.0 Å². The summed E-state index contributed by atoms with van der Waals surface area (Å²) in [5, 5.41) is 4.15. The predicted octanol–water partition coefficient (Wildman–Crippen LogP) is 4.07. The highest BCUT2D eigenvalue weighted by Crippen LogP contribution is 2.27. The van der Waals surface area contributed by atoms with Crippen molar-refractivity contribution >= 4 is 17.3 Å². The molecule has 0 aliphatic rings. The second-order valence-electron chi connectivity index (χ2n) is 5.26. The van der Waals surface area contributed by atoms with Gasteiger partial charge in [0.25, 0.3) is 0 Å². The van der Waals surface area contributed by atoms with Crippen molar-refractivity contribution in [2.24, 2.45) is 0 Å². The van der Waals surface area contributed by atoms with Crippen molar-refractivity contribution in [1.29, 1.82) is 0 Å². The lowest BCUT2D eigenvalue weighted by Gasteiger charge is -2.20. The zero-order valence-electron chi connectivity index (χ0n) is 12.2. The molecular weight excluding hydrogens is 272 g/mol. The maximum atomic E-state index is 6.38. The first-order valence-corrected chi connectivity index (χ1v) is 7.19. The normalized spacial score (nSPS) is 11.1. The fourth-order valence-corrected chi connectivity index (χ4v) is 2.36. The molecule has 108 valence electrons. The molecule has 0 saturated carbocycles. The number of nitrogens with zero attached hydrogens (tertiary/aromatic N) is 1. The number of nitrogens with one attached hydrogen (secondary N) is 1. The molecule has 0 saturated heterocycles. The van der Waals surface area contributed by atoms with Crippen LogP contribution in [-0.2, 0) is 13.1 Å². The molecule has 20 heavy (non-hydrogen) atoms. The van der Waals surface area contributed by atoms with E-state index < -0.39 is 0 Å². The predicted molar refractivity (Wildman–Crippen MR) is 84.2 cm³/mol. The fourth-order valence-electron chi connectivity index (χ4n) is 2.01. The summed E-state index contributed by atoms with van der Waals surface area (Å²) in [5.74, 6) is 0.925. The summed E-state index contributed by atoms with van der Waals surface area (Å²) >= 11 is 6.38. The Kier molecular flexibility index (Phi) is 5.10. The molecule has 1 aromatic carbocycles. The number of halogens is 1. The van der Waals surface area contributed by atoms with Crippen LogP contribution in [0.4, 0.5) is 5.69 Å². The third-order valence-corrected chi connectivity index (χ3v) is 3.41. The van der Waals surface area contributed by atoms with Gasteiger partial charge in [-0.15, -0.1) is 0 Å². The molecule has 0 radical (unpaired) electrons. The molecule has 1 aromatic heterocycles. The molecule has 0 aliphatic heterocycles. The Bertz CT molecular complexity index is 537. The lowest BCUT2D eigenvalue weighted by Crippen LogP contribution is -2.22. The Labute approximate surface area is 125 Å². The zero-order valence-corrected chi connectivity index (χ0v) is 12.9. The van der Waals surface area contributed by atoms with Crippen molar-refractivity contribution < 1.29 is 4.42 Å². The molecule has 0 unspecified atom stereocenters. The topological polar surface area (TPSA) is 28.4 Å². The second-order valence-corrected chi connectivity index (χ2v) is 5.66. The molecule has 2 aromatic rings. The Hall–Kier alpha value is -1.45. The van der Waals surface area contributed by atoms with Gasteiger partial charge in [0.2, 0.25) is 0 Å². The van der Waals surface area contributed by atoms with Crippen molar-refractivity contribution in [1.82, 2.24) is 5.32 Å². The van der Waals surface area contributed by atoms with Gasteiger partial charge in [0, 0.05) is 19.6 Å². The van der Waals surface area contributed by atoms with Crippen LogP contribution < -0.4 is 10.2 Å². The largest absolute Gasteiger partial charge is 0.467 e. The van der Waals surface area contributed by atoms with Crippen molar-refractivity contribution in [2.45, 2.75) is 33.0 Å². The van der Waals surface area contributed by atoms with Crippen LogP contribution in [0.15, 0.2) is 41.0 Å². The highest BCUT2D eigenvalue weighted by Gasteiger charge is 2.09. The van der Waals surface area contributed by atoms with E-state index in [0.29, 0.717) is 12.6 Å². The van der Waals surface area contributed by atoms with Crippen LogP contribution in [0, 0.1) is 0 Å². The first kappa shape index (κ1) is 14.9. The number of benzene rings is 1. The lowest BCUT2D eigenvalue weighted by atomic mass is 10.2. The number of furan rings is 1. The van der Waals surface area contributed by atoms with Gasteiger partial charge in [-0.3, -0.25) is 0 Å². The molecule has 0 aliphatic carbocycles. The van der Waals surface area contributed by atoms with Crippen LogP contribution in [0.3, 0.4) is 0 Å². The molecule has 0 spiro atoms. The molecule has 1 N–H and O–H groups in total.